The third-order valence-electron chi connectivity index (χ3n) is 6.46. The lowest BCUT2D eigenvalue weighted by atomic mass is 9.73. The van der Waals surface area contributed by atoms with Crippen molar-refractivity contribution in [3.63, 3.8) is 0 Å². The molecule has 11 heteroatoms. The molecular weight excluding hydrogens is 448 g/mol. The van der Waals surface area contributed by atoms with E-state index in [1.54, 1.807) is 44.8 Å². The van der Waals surface area contributed by atoms with Crippen LogP contribution < -0.4 is 5.73 Å². The molecule has 4 aromatic heterocycles. The Kier molecular flexibility index (Phi) is 6.10. The standard InChI is InChI=1S/C24H28N8O3/c1-14(2)24(5,17-7-8-18(26-12-17)15-9-27-22(25)28-10-15)20-30-19(35-31-20)16-11-29-32(13-16)23(3,4)21(33)34-6/h7-14H,1-6H3,(H2,25,27,28). The molecule has 1 atom stereocenters. The average molecular weight is 477 g/mol. The number of hydrogen-bond acceptors (Lipinski definition) is 10. The zero-order valence-electron chi connectivity index (χ0n) is 20.6. The molecule has 0 radical (unpaired) electrons. The number of nitrogens with zero attached hydrogens (tertiary/aromatic N) is 7. The van der Waals surface area contributed by atoms with Gasteiger partial charge in [0.05, 0.1) is 30.0 Å². The highest BCUT2D eigenvalue weighted by Crippen LogP contribution is 2.38. The lowest BCUT2D eigenvalue weighted by Gasteiger charge is -2.30. The van der Waals surface area contributed by atoms with E-state index in [2.05, 4.69) is 46.0 Å². The fourth-order valence-electron chi connectivity index (χ4n) is 3.70. The van der Waals surface area contributed by atoms with Crippen LogP contribution in [0, 0.1) is 5.92 Å². The molecule has 0 saturated heterocycles. The molecular formula is C24H28N8O3. The maximum Gasteiger partial charge on any atom is 0.333 e. The number of pyridine rings is 1. The summed E-state index contributed by atoms with van der Waals surface area (Å²) in [5, 5.41) is 8.60. The van der Waals surface area contributed by atoms with E-state index >= 15 is 0 Å². The Morgan fingerprint density at radius 2 is 1.77 bits per heavy atom. The molecule has 2 N–H and O–H groups in total. The summed E-state index contributed by atoms with van der Waals surface area (Å²) in [5.41, 5.74) is 7.05. The van der Waals surface area contributed by atoms with Gasteiger partial charge in [-0.2, -0.15) is 10.1 Å². The first-order valence-electron chi connectivity index (χ1n) is 11.1. The number of hydrogen-bond donors (Lipinski definition) is 1. The number of carbonyl (C=O) groups is 1. The zero-order valence-corrected chi connectivity index (χ0v) is 20.6. The van der Waals surface area contributed by atoms with Gasteiger partial charge in [-0.15, -0.1) is 0 Å². The molecule has 0 amide bonds. The lowest BCUT2D eigenvalue weighted by molar-refractivity contribution is -0.150. The number of anilines is 1. The molecule has 182 valence electrons. The summed E-state index contributed by atoms with van der Waals surface area (Å²) in [7, 11) is 1.34. The van der Waals surface area contributed by atoms with Gasteiger partial charge in [-0.25, -0.2) is 14.8 Å². The number of methoxy groups -OCH3 is 1. The van der Waals surface area contributed by atoms with Crippen LogP contribution in [0.2, 0.25) is 0 Å². The molecule has 0 saturated carbocycles. The van der Waals surface area contributed by atoms with Gasteiger partial charge in [-0.3, -0.25) is 9.67 Å². The van der Waals surface area contributed by atoms with Crippen LogP contribution in [0.4, 0.5) is 5.95 Å². The highest BCUT2D eigenvalue weighted by Gasteiger charge is 2.38. The van der Waals surface area contributed by atoms with Gasteiger partial charge >= 0.3 is 5.97 Å². The van der Waals surface area contributed by atoms with E-state index < -0.39 is 16.9 Å². The molecule has 0 aliphatic rings. The summed E-state index contributed by atoms with van der Waals surface area (Å²) in [6, 6.07) is 3.90. The summed E-state index contributed by atoms with van der Waals surface area (Å²) in [6.07, 6.45) is 8.35. The maximum atomic E-state index is 12.1. The maximum absolute atomic E-state index is 12.1. The molecule has 4 heterocycles. The summed E-state index contributed by atoms with van der Waals surface area (Å²) in [4.78, 5) is 29.5. The van der Waals surface area contributed by atoms with E-state index in [1.165, 1.54) is 11.8 Å². The molecule has 0 fully saturated rings. The fourth-order valence-corrected chi connectivity index (χ4v) is 3.70. The quantitative estimate of drug-likeness (QED) is 0.394. The van der Waals surface area contributed by atoms with Crippen molar-refractivity contribution >= 4 is 11.9 Å². The highest BCUT2D eigenvalue weighted by molar-refractivity contribution is 5.77. The van der Waals surface area contributed by atoms with Gasteiger partial charge in [0.15, 0.2) is 11.4 Å². The van der Waals surface area contributed by atoms with Crippen molar-refractivity contribution in [1.29, 1.82) is 0 Å². The van der Waals surface area contributed by atoms with Gasteiger partial charge in [0.2, 0.25) is 5.95 Å². The fraction of sp³-hybridized carbons (Fsp3) is 0.375. The Balaban J connectivity index is 1.65. The third-order valence-corrected chi connectivity index (χ3v) is 6.46. The van der Waals surface area contributed by atoms with E-state index in [-0.39, 0.29) is 11.9 Å². The number of nitrogen functional groups attached to an aromatic ring is 1. The van der Waals surface area contributed by atoms with E-state index in [0.717, 1.165) is 16.8 Å². The van der Waals surface area contributed by atoms with E-state index in [0.29, 0.717) is 17.3 Å². The molecule has 0 spiro atoms. The minimum absolute atomic E-state index is 0.126. The number of aromatic nitrogens is 7. The number of esters is 1. The molecule has 4 aromatic rings. The van der Waals surface area contributed by atoms with Crippen molar-refractivity contribution < 1.29 is 14.1 Å². The van der Waals surface area contributed by atoms with Crippen molar-refractivity contribution in [3.8, 4) is 22.7 Å². The largest absolute Gasteiger partial charge is 0.467 e. The molecule has 0 bridgehead atoms. The molecule has 4 rings (SSSR count). The number of ether oxygens (including phenoxy) is 1. The van der Waals surface area contributed by atoms with Gasteiger partial charge in [0.25, 0.3) is 5.89 Å². The summed E-state index contributed by atoms with van der Waals surface area (Å²) in [6.45, 7) is 9.68. The van der Waals surface area contributed by atoms with Gasteiger partial charge in [-0.1, -0.05) is 25.1 Å². The van der Waals surface area contributed by atoms with Crippen molar-refractivity contribution in [2.45, 2.75) is 45.6 Å². The van der Waals surface area contributed by atoms with Crippen LogP contribution >= 0.6 is 0 Å². The minimum Gasteiger partial charge on any atom is -0.467 e. The second-order valence-corrected chi connectivity index (χ2v) is 9.27. The second-order valence-electron chi connectivity index (χ2n) is 9.27. The van der Waals surface area contributed by atoms with Gasteiger partial charge in [0, 0.05) is 30.4 Å². The van der Waals surface area contributed by atoms with Crippen molar-refractivity contribution in [2.75, 3.05) is 12.8 Å². The number of rotatable bonds is 7. The zero-order chi connectivity index (χ0) is 25.4. The first-order valence-corrected chi connectivity index (χ1v) is 11.1. The van der Waals surface area contributed by atoms with Crippen LogP contribution in [0.5, 0.6) is 0 Å². The highest BCUT2D eigenvalue weighted by atomic mass is 16.5. The van der Waals surface area contributed by atoms with Gasteiger partial charge < -0.3 is 15.0 Å². The Bertz CT molecular complexity index is 1330. The molecule has 35 heavy (non-hydrogen) atoms. The molecule has 11 nitrogen and oxygen atoms in total. The lowest BCUT2D eigenvalue weighted by Crippen LogP contribution is -2.37. The Morgan fingerprint density at radius 3 is 2.37 bits per heavy atom. The predicted octanol–water partition coefficient (Wildman–Crippen LogP) is 3.24. The molecule has 1 unspecified atom stereocenters. The van der Waals surface area contributed by atoms with Crippen LogP contribution in [0.25, 0.3) is 22.7 Å². The Labute approximate surface area is 202 Å². The number of nitrogens with two attached hydrogens (primary N) is 1. The SMILES string of the molecule is COC(=O)C(C)(C)n1cc(-c2nc(C(C)(c3ccc(-c4cnc(N)nc4)nc3)C(C)C)no2)cn1. The Morgan fingerprint density at radius 1 is 1.06 bits per heavy atom. The normalized spacial score (nSPS) is 13.6. The smallest absolute Gasteiger partial charge is 0.333 e. The third kappa shape index (κ3) is 4.25. The molecule has 0 aromatic carbocycles. The molecule has 0 aliphatic carbocycles. The first-order chi connectivity index (χ1) is 16.6. The molecule has 0 aliphatic heterocycles. The minimum atomic E-state index is -0.981. The van der Waals surface area contributed by atoms with Crippen LogP contribution in [-0.2, 0) is 20.5 Å². The monoisotopic (exact) mass is 476 g/mol. The van der Waals surface area contributed by atoms with Crippen molar-refractivity contribution in [2.24, 2.45) is 5.92 Å². The Hall–Kier alpha value is -4.15. The van der Waals surface area contributed by atoms with Crippen molar-refractivity contribution in [1.82, 2.24) is 34.9 Å². The van der Waals surface area contributed by atoms with Crippen LogP contribution in [-0.4, -0.2) is 48.0 Å². The van der Waals surface area contributed by atoms with Crippen molar-refractivity contribution in [3.05, 3.63) is 54.5 Å². The summed E-state index contributed by atoms with van der Waals surface area (Å²) < 4.78 is 12.0. The van der Waals surface area contributed by atoms with E-state index in [4.69, 9.17) is 20.0 Å². The van der Waals surface area contributed by atoms with Gasteiger partial charge in [-0.05, 0) is 38.3 Å². The predicted molar refractivity (Wildman–Crippen MR) is 128 cm³/mol. The number of carbonyl (C=O) groups excluding carboxylic acids is 1. The first kappa shape index (κ1) is 24.0. The van der Waals surface area contributed by atoms with E-state index in [9.17, 15) is 4.79 Å². The second kappa shape index (κ2) is 8.90. The van der Waals surface area contributed by atoms with E-state index in [1.807, 2.05) is 12.1 Å². The van der Waals surface area contributed by atoms with Crippen LogP contribution in [0.3, 0.4) is 0 Å². The van der Waals surface area contributed by atoms with Crippen LogP contribution in [0.1, 0.15) is 46.0 Å². The average Bonchev–Trinajstić information content (AvgIpc) is 3.54. The van der Waals surface area contributed by atoms with Gasteiger partial charge in [0.1, 0.15) is 0 Å². The summed E-state index contributed by atoms with van der Waals surface area (Å²) in [5.74, 6) is 0.758. The topological polar surface area (TPSA) is 148 Å². The summed E-state index contributed by atoms with van der Waals surface area (Å²) >= 11 is 0. The van der Waals surface area contributed by atoms with Crippen LogP contribution in [0.15, 0.2) is 47.6 Å².